The van der Waals surface area contributed by atoms with Crippen molar-refractivity contribution in [3.8, 4) is 5.75 Å². The van der Waals surface area contributed by atoms with Crippen molar-refractivity contribution in [2.75, 3.05) is 27.2 Å². The standard InChI is InChI=1S/C22H27ClN2O2/c1-24(14-17-7-11-21(27-2)12-8-17)22(26)19-4-3-13-25(16-19)15-18-5-9-20(23)10-6-18/h5-12,19H,3-4,13-16H2,1-2H3/t19-/m1/s1. The topological polar surface area (TPSA) is 32.8 Å². The zero-order valence-electron chi connectivity index (χ0n) is 16.0. The quantitative estimate of drug-likeness (QED) is 0.745. The molecule has 0 radical (unpaired) electrons. The first-order valence-electron chi connectivity index (χ1n) is 9.40. The Kier molecular flexibility index (Phi) is 6.75. The van der Waals surface area contributed by atoms with E-state index in [0.29, 0.717) is 6.54 Å². The fraction of sp³-hybridized carbons (Fsp3) is 0.409. The Morgan fingerprint density at radius 3 is 2.48 bits per heavy atom. The van der Waals surface area contributed by atoms with Crippen LogP contribution < -0.4 is 4.74 Å². The van der Waals surface area contributed by atoms with Crippen LogP contribution in [0.25, 0.3) is 0 Å². The van der Waals surface area contributed by atoms with Crippen LogP contribution >= 0.6 is 11.6 Å². The molecule has 5 heteroatoms. The molecule has 2 aromatic carbocycles. The van der Waals surface area contributed by atoms with Gasteiger partial charge in [0.15, 0.2) is 0 Å². The number of amides is 1. The van der Waals surface area contributed by atoms with E-state index >= 15 is 0 Å². The highest BCUT2D eigenvalue weighted by Gasteiger charge is 2.28. The van der Waals surface area contributed by atoms with Crippen molar-refractivity contribution in [1.29, 1.82) is 0 Å². The van der Waals surface area contributed by atoms with Crippen LogP contribution in [0.5, 0.6) is 5.75 Å². The predicted molar refractivity (Wildman–Crippen MR) is 109 cm³/mol. The summed E-state index contributed by atoms with van der Waals surface area (Å²) in [6, 6.07) is 15.8. The molecule has 1 fully saturated rings. The molecule has 1 amide bonds. The van der Waals surface area contributed by atoms with Gasteiger partial charge >= 0.3 is 0 Å². The zero-order chi connectivity index (χ0) is 19.2. The molecule has 144 valence electrons. The highest BCUT2D eigenvalue weighted by molar-refractivity contribution is 6.30. The summed E-state index contributed by atoms with van der Waals surface area (Å²) >= 11 is 5.97. The maximum atomic E-state index is 12.9. The summed E-state index contributed by atoms with van der Waals surface area (Å²) < 4.78 is 5.19. The second-order valence-electron chi connectivity index (χ2n) is 7.24. The lowest BCUT2D eigenvalue weighted by Gasteiger charge is -2.34. The highest BCUT2D eigenvalue weighted by atomic mass is 35.5. The third-order valence-corrected chi connectivity index (χ3v) is 5.38. The number of piperidine rings is 1. The molecule has 1 aliphatic heterocycles. The molecule has 0 aromatic heterocycles. The van der Waals surface area contributed by atoms with Crippen molar-refractivity contribution in [3.63, 3.8) is 0 Å². The Morgan fingerprint density at radius 1 is 1.15 bits per heavy atom. The lowest BCUT2D eigenvalue weighted by Crippen LogP contribution is -2.43. The number of likely N-dealkylation sites (tertiary alicyclic amines) is 1. The number of benzene rings is 2. The number of nitrogens with zero attached hydrogens (tertiary/aromatic N) is 2. The SMILES string of the molecule is COc1ccc(CN(C)C(=O)[C@@H]2CCCN(Cc3ccc(Cl)cc3)C2)cc1. The fourth-order valence-corrected chi connectivity index (χ4v) is 3.77. The Labute approximate surface area is 166 Å². The Bertz CT molecular complexity index is 746. The molecule has 4 nitrogen and oxygen atoms in total. The van der Waals surface area contributed by atoms with E-state index in [9.17, 15) is 4.79 Å². The van der Waals surface area contributed by atoms with Crippen LogP contribution in [0.2, 0.25) is 5.02 Å². The van der Waals surface area contributed by atoms with E-state index in [1.165, 1.54) is 5.56 Å². The van der Waals surface area contributed by atoms with Gasteiger partial charge in [0.05, 0.1) is 13.0 Å². The Balaban J connectivity index is 1.55. The molecular formula is C22H27ClN2O2. The van der Waals surface area contributed by atoms with E-state index in [1.807, 2.05) is 48.3 Å². The maximum absolute atomic E-state index is 12.9. The second kappa shape index (κ2) is 9.25. The average molecular weight is 387 g/mol. The molecule has 0 aliphatic carbocycles. The van der Waals surface area contributed by atoms with E-state index in [-0.39, 0.29) is 11.8 Å². The van der Waals surface area contributed by atoms with Crippen LogP contribution in [0, 0.1) is 5.92 Å². The van der Waals surface area contributed by atoms with Crippen molar-refractivity contribution in [3.05, 3.63) is 64.7 Å². The summed E-state index contributed by atoms with van der Waals surface area (Å²) in [7, 11) is 3.55. The van der Waals surface area contributed by atoms with Gasteiger partial charge in [0, 0.05) is 31.7 Å². The minimum atomic E-state index is 0.0642. The lowest BCUT2D eigenvalue weighted by atomic mass is 9.96. The van der Waals surface area contributed by atoms with Gasteiger partial charge in [-0.05, 0) is 54.8 Å². The van der Waals surface area contributed by atoms with E-state index in [1.54, 1.807) is 7.11 Å². The average Bonchev–Trinajstić information content (AvgIpc) is 2.70. The maximum Gasteiger partial charge on any atom is 0.227 e. The van der Waals surface area contributed by atoms with Crippen molar-refractivity contribution >= 4 is 17.5 Å². The van der Waals surface area contributed by atoms with Gasteiger partial charge in [-0.2, -0.15) is 0 Å². The molecule has 1 heterocycles. The summed E-state index contributed by atoms with van der Waals surface area (Å²) in [4.78, 5) is 17.1. The van der Waals surface area contributed by atoms with Crippen LogP contribution in [0.15, 0.2) is 48.5 Å². The van der Waals surface area contributed by atoms with Crippen LogP contribution in [0.3, 0.4) is 0 Å². The van der Waals surface area contributed by atoms with E-state index in [2.05, 4.69) is 17.0 Å². The first kappa shape index (κ1) is 19.7. The van der Waals surface area contributed by atoms with Crippen LogP contribution in [0.4, 0.5) is 0 Å². The number of hydrogen-bond donors (Lipinski definition) is 0. The minimum Gasteiger partial charge on any atom is -0.497 e. The summed E-state index contributed by atoms with van der Waals surface area (Å²) in [6.07, 6.45) is 2.02. The predicted octanol–water partition coefficient (Wildman–Crippen LogP) is 4.22. The molecular weight excluding hydrogens is 360 g/mol. The van der Waals surface area contributed by atoms with Gasteiger partial charge in [-0.15, -0.1) is 0 Å². The third-order valence-electron chi connectivity index (χ3n) is 5.13. The number of ether oxygens (including phenoxy) is 1. The number of halogens is 1. The van der Waals surface area contributed by atoms with Crippen molar-refractivity contribution in [2.24, 2.45) is 5.92 Å². The molecule has 27 heavy (non-hydrogen) atoms. The van der Waals surface area contributed by atoms with Gasteiger partial charge in [0.2, 0.25) is 5.91 Å². The van der Waals surface area contributed by atoms with Gasteiger partial charge in [-0.25, -0.2) is 0 Å². The number of rotatable bonds is 6. The monoisotopic (exact) mass is 386 g/mol. The number of carbonyl (C=O) groups is 1. The fourth-order valence-electron chi connectivity index (χ4n) is 3.64. The molecule has 3 rings (SSSR count). The summed E-state index contributed by atoms with van der Waals surface area (Å²) in [5, 5.41) is 0.755. The Morgan fingerprint density at radius 2 is 1.81 bits per heavy atom. The van der Waals surface area contributed by atoms with Gasteiger partial charge in [0.1, 0.15) is 5.75 Å². The largest absolute Gasteiger partial charge is 0.497 e. The highest BCUT2D eigenvalue weighted by Crippen LogP contribution is 2.22. The molecule has 0 spiro atoms. The van der Waals surface area contributed by atoms with E-state index in [0.717, 1.165) is 48.8 Å². The Hall–Kier alpha value is -2.04. The zero-order valence-corrected chi connectivity index (χ0v) is 16.8. The minimum absolute atomic E-state index is 0.0642. The third kappa shape index (κ3) is 5.47. The summed E-state index contributed by atoms with van der Waals surface area (Å²) in [5.41, 5.74) is 2.35. The van der Waals surface area contributed by atoms with Crippen molar-refractivity contribution in [2.45, 2.75) is 25.9 Å². The van der Waals surface area contributed by atoms with Gasteiger partial charge in [-0.3, -0.25) is 9.69 Å². The van der Waals surface area contributed by atoms with Crippen molar-refractivity contribution in [1.82, 2.24) is 9.80 Å². The molecule has 0 bridgehead atoms. The molecule has 1 saturated heterocycles. The summed E-state index contributed by atoms with van der Waals surface area (Å²) in [6.45, 7) is 3.34. The molecule has 1 aliphatic rings. The van der Waals surface area contributed by atoms with E-state index in [4.69, 9.17) is 16.3 Å². The molecule has 0 saturated carbocycles. The molecule has 2 aromatic rings. The lowest BCUT2D eigenvalue weighted by molar-refractivity contribution is -0.136. The van der Waals surface area contributed by atoms with E-state index < -0.39 is 0 Å². The number of methoxy groups -OCH3 is 1. The van der Waals surface area contributed by atoms with Crippen LogP contribution in [0.1, 0.15) is 24.0 Å². The molecule has 1 atom stereocenters. The van der Waals surface area contributed by atoms with Gasteiger partial charge in [-0.1, -0.05) is 35.9 Å². The normalized spacial score (nSPS) is 17.5. The number of carbonyl (C=O) groups excluding carboxylic acids is 1. The molecule has 0 unspecified atom stereocenters. The first-order valence-corrected chi connectivity index (χ1v) is 9.77. The van der Waals surface area contributed by atoms with Crippen LogP contribution in [-0.4, -0.2) is 43.0 Å². The van der Waals surface area contributed by atoms with Gasteiger partial charge < -0.3 is 9.64 Å². The van der Waals surface area contributed by atoms with Crippen LogP contribution in [-0.2, 0) is 17.9 Å². The van der Waals surface area contributed by atoms with Gasteiger partial charge in [0.25, 0.3) is 0 Å². The molecule has 0 N–H and O–H groups in total. The summed E-state index contributed by atoms with van der Waals surface area (Å²) in [5.74, 6) is 1.12. The second-order valence-corrected chi connectivity index (χ2v) is 7.68. The number of hydrogen-bond acceptors (Lipinski definition) is 3. The smallest absolute Gasteiger partial charge is 0.227 e. The first-order chi connectivity index (χ1) is 13.0. The van der Waals surface area contributed by atoms with Crippen molar-refractivity contribution < 1.29 is 9.53 Å².